The van der Waals surface area contributed by atoms with Crippen LogP contribution in [-0.4, -0.2) is 16.9 Å². The molecule has 0 spiro atoms. The third kappa shape index (κ3) is 2.85. The fraction of sp³-hybridized carbons (Fsp3) is 0.125. The van der Waals surface area contributed by atoms with Crippen LogP contribution in [0.5, 0.6) is 11.5 Å². The number of carboxylic acids is 1. The van der Waals surface area contributed by atoms with Gasteiger partial charge in [-0.1, -0.05) is 24.3 Å². The van der Waals surface area contributed by atoms with E-state index in [2.05, 4.69) is 0 Å². The van der Waals surface area contributed by atoms with Crippen molar-refractivity contribution in [3.63, 3.8) is 0 Å². The van der Waals surface area contributed by atoms with Crippen LogP contribution in [0, 0.1) is 6.92 Å². The van der Waals surface area contributed by atoms with E-state index in [1.807, 2.05) is 19.1 Å². The van der Waals surface area contributed by atoms with Crippen LogP contribution in [0.25, 0.3) is 0 Å². The lowest BCUT2D eigenvalue weighted by molar-refractivity contribution is 0.0693. The summed E-state index contributed by atoms with van der Waals surface area (Å²) in [5.41, 5.74) is 1.33. The first-order valence-electron chi connectivity index (χ1n) is 6.11. The van der Waals surface area contributed by atoms with Gasteiger partial charge in [0.25, 0.3) is 0 Å². The molecule has 2 aromatic rings. The van der Waals surface area contributed by atoms with Gasteiger partial charge in [-0.2, -0.15) is 0 Å². The van der Waals surface area contributed by atoms with Crippen LogP contribution in [0.15, 0.2) is 42.5 Å². The Morgan fingerprint density at radius 3 is 2.35 bits per heavy atom. The van der Waals surface area contributed by atoms with Crippen LogP contribution in [-0.2, 0) is 0 Å². The summed E-state index contributed by atoms with van der Waals surface area (Å²) >= 11 is 0. The van der Waals surface area contributed by atoms with E-state index in [0.717, 1.165) is 5.56 Å². The summed E-state index contributed by atoms with van der Waals surface area (Å²) in [5, 5.41) is 9.18. The maximum Gasteiger partial charge on any atom is 0.339 e. The van der Waals surface area contributed by atoms with Gasteiger partial charge in [-0.05, 0) is 37.6 Å². The number of benzene rings is 2. The standard InChI is InChI=1S/C16H14O4/c1-10-5-3-4-6-14(10)20-15-9-12(11(2)17)7-8-13(15)16(18)19/h3-9H,1-2H3,(H,18,19). The lowest BCUT2D eigenvalue weighted by Crippen LogP contribution is -2.03. The summed E-state index contributed by atoms with van der Waals surface area (Å²) in [5.74, 6) is -0.504. The highest BCUT2D eigenvalue weighted by atomic mass is 16.5. The number of Topliss-reactive ketones (excluding diaryl/α,β-unsaturated/α-hetero) is 1. The molecule has 0 bridgehead atoms. The number of ketones is 1. The minimum Gasteiger partial charge on any atom is -0.478 e. The van der Waals surface area contributed by atoms with Crippen molar-refractivity contribution in [1.82, 2.24) is 0 Å². The molecule has 102 valence electrons. The number of hydrogen-bond donors (Lipinski definition) is 1. The lowest BCUT2D eigenvalue weighted by Gasteiger charge is -2.11. The van der Waals surface area contributed by atoms with Gasteiger partial charge in [0.1, 0.15) is 17.1 Å². The van der Waals surface area contributed by atoms with Gasteiger partial charge in [-0.15, -0.1) is 0 Å². The number of para-hydroxylation sites is 1. The third-order valence-corrected chi connectivity index (χ3v) is 2.93. The van der Waals surface area contributed by atoms with Gasteiger partial charge >= 0.3 is 5.97 Å². The first-order valence-corrected chi connectivity index (χ1v) is 6.11. The van der Waals surface area contributed by atoms with Crippen molar-refractivity contribution in [2.75, 3.05) is 0 Å². The Bertz CT molecular complexity index is 674. The molecule has 0 aliphatic rings. The molecule has 0 aliphatic heterocycles. The summed E-state index contributed by atoms with van der Waals surface area (Å²) in [6.45, 7) is 3.29. The van der Waals surface area contributed by atoms with E-state index >= 15 is 0 Å². The monoisotopic (exact) mass is 270 g/mol. The topological polar surface area (TPSA) is 63.6 Å². The Hall–Kier alpha value is -2.62. The molecule has 0 aromatic heterocycles. The second-order valence-corrected chi connectivity index (χ2v) is 4.44. The van der Waals surface area contributed by atoms with Crippen LogP contribution >= 0.6 is 0 Å². The lowest BCUT2D eigenvalue weighted by atomic mass is 10.1. The van der Waals surface area contributed by atoms with Gasteiger partial charge in [-0.25, -0.2) is 4.79 Å². The number of carbonyl (C=O) groups is 2. The maximum atomic E-state index is 11.4. The van der Waals surface area contributed by atoms with Crippen molar-refractivity contribution < 1.29 is 19.4 Å². The molecule has 0 saturated carbocycles. The molecule has 0 radical (unpaired) electrons. The van der Waals surface area contributed by atoms with Crippen LogP contribution in [0.3, 0.4) is 0 Å². The van der Waals surface area contributed by atoms with Crippen LogP contribution in [0.2, 0.25) is 0 Å². The minimum absolute atomic E-state index is 0.0262. The highest BCUT2D eigenvalue weighted by Crippen LogP contribution is 2.29. The van der Waals surface area contributed by atoms with Crippen molar-refractivity contribution in [3.05, 3.63) is 59.2 Å². The van der Waals surface area contributed by atoms with Crippen LogP contribution < -0.4 is 4.74 Å². The van der Waals surface area contributed by atoms with E-state index in [4.69, 9.17) is 4.74 Å². The highest BCUT2D eigenvalue weighted by molar-refractivity contribution is 5.97. The molecule has 1 N–H and O–H groups in total. The number of rotatable bonds is 4. The Morgan fingerprint density at radius 2 is 1.75 bits per heavy atom. The predicted octanol–water partition coefficient (Wildman–Crippen LogP) is 3.69. The Kier molecular flexibility index (Phi) is 3.84. The predicted molar refractivity (Wildman–Crippen MR) is 74.7 cm³/mol. The normalized spacial score (nSPS) is 10.1. The fourth-order valence-corrected chi connectivity index (χ4v) is 1.79. The second kappa shape index (κ2) is 5.57. The summed E-state index contributed by atoms with van der Waals surface area (Å²) in [4.78, 5) is 22.6. The molecule has 0 aliphatic carbocycles. The van der Waals surface area contributed by atoms with E-state index in [1.165, 1.54) is 25.1 Å². The largest absolute Gasteiger partial charge is 0.478 e. The zero-order valence-electron chi connectivity index (χ0n) is 11.2. The summed E-state index contributed by atoms with van der Waals surface area (Å²) < 4.78 is 5.66. The molecular formula is C16H14O4. The zero-order valence-corrected chi connectivity index (χ0v) is 11.2. The van der Waals surface area contributed by atoms with Crippen molar-refractivity contribution >= 4 is 11.8 Å². The number of aromatic carboxylic acids is 1. The first kappa shape index (κ1) is 13.8. The molecule has 0 heterocycles. The fourth-order valence-electron chi connectivity index (χ4n) is 1.79. The summed E-state index contributed by atoms with van der Waals surface area (Å²) in [7, 11) is 0. The zero-order chi connectivity index (χ0) is 14.7. The molecular weight excluding hydrogens is 256 g/mol. The molecule has 2 aromatic carbocycles. The Morgan fingerprint density at radius 1 is 1.05 bits per heavy atom. The van der Waals surface area contributed by atoms with Gasteiger partial charge in [0.15, 0.2) is 5.78 Å². The molecule has 0 fully saturated rings. The average molecular weight is 270 g/mol. The van der Waals surface area contributed by atoms with E-state index in [-0.39, 0.29) is 17.1 Å². The van der Waals surface area contributed by atoms with Crippen molar-refractivity contribution in [1.29, 1.82) is 0 Å². The van der Waals surface area contributed by atoms with E-state index in [9.17, 15) is 14.7 Å². The number of carbonyl (C=O) groups excluding carboxylic acids is 1. The van der Waals surface area contributed by atoms with Crippen LogP contribution in [0.4, 0.5) is 0 Å². The van der Waals surface area contributed by atoms with E-state index < -0.39 is 5.97 Å². The Balaban J connectivity index is 2.48. The number of ether oxygens (including phenoxy) is 1. The summed E-state index contributed by atoms with van der Waals surface area (Å²) in [6.07, 6.45) is 0. The summed E-state index contributed by atoms with van der Waals surface area (Å²) in [6, 6.07) is 11.6. The smallest absolute Gasteiger partial charge is 0.339 e. The van der Waals surface area contributed by atoms with Gasteiger partial charge < -0.3 is 9.84 Å². The number of aryl methyl sites for hydroxylation is 1. The first-order chi connectivity index (χ1) is 9.49. The average Bonchev–Trinajstić information content (AvgIpc) is 2.41. The van der Waals surface area contributed by atoms with Gasteiger partial charge in [0.2, 0.25) is 0 Å². The van der Waals surface area contributed by atoms with Gasteiger partial charge in [-0.3, -0.25) is 4.79 Å². The number of carboxylic acid groups (broad SMARTS) is 1. The highest BCUT2D eigenvalue weighted by Gasteiger charge is 2.15. The number of hydrogen-bond acceptors (Lipinski definition) is 3. The van der Waals surface area contributed by atoms with Gasteiger partial charge in [0.05, 0.1) is 0 Å². The molecule has 4 nitrogen and oxygen atoms in total. The third-order valence-electron chi connectivity index (χ3n) is 2.93. The van der Waals surface area contributed by atoms with Crippen LogP contribution in [0.1, 0.15) is 33.2 Å². The van der Waals surface area contributed by atoms with Crippen molar-refractivity contribution in [2.45, 2.75) is 13.8 Å². The molecule has 4 heteroatoms. The molecule has 0 unspecified atom stereocenters. The van der Waals surface area contributed by atoms with Crippen molar-refractivity contribution in [2.24, 2.45) is 0 Å². The molecule has 0 saturated heterocycles. The quantitative estimate of drug-likeness (QED) is 0.860. The van der Waals surface area contributed by atoms with Gasteiger partial charge in [0, 0.05) is 5.56 Å². The second-order valence-electron chi connectivity index (χ2n) is 4.44. The SMILES string of the molecule is CC(=O)c1ccc(C(=O)O)c(Oc2ccccc2C)c1. The van der Waals surface area contributed by atoms with E-state index in [1.54, 1.807) is 12.1 Å². The molecule has 0 amide bonds. The van der Waals surface area contributed by atoms with E-state index in [0.29, 0.717) is 11.3 Å². The van der Waals surface area contributed by atoms with Crippen molar-refractivity contribution in [3.8, 4) is 11.5 Å². The minimum atomic E-state index is -1.09. The maximum absolute atomic E-state index is 11.4. The molecule has 0 atom stereocenters. The Labute approximate surface area is 116 Å². The molecule has 2 rings (SSSR count). The molecule has 20 heavy (non-hydrogen) atoms.